The van der Waals surface area contributed by atoms with Gasteiger partial charge < -0.3 is 9.47 Å². The SMILES string of the molecule is CC1CCN([C@@H](CNS(=O)(=O)c2ccc3c(c2)OCCCO3)c2cccs2)CC1. The summed E-state index contributed by atoms with van der Waals surface area (Å²) in [7, 11) is -3.65. The van der Waals surface area contributed by atoms with Gasteiger partial charge in [-0.05, 0) is 55.4 Å². The van der Waals surface area contributed by atoms with Gasteiger partial charge in [-0.1, -0.05) is 13.0 Å². The molecule has 158 valence electrons. The minimum absolute atomic E-state index is 0.0534. The molecule has 0 aliphatic carbocycles. The molecule has 0 saturated carbocycles. The van der Waals surface area contributed by atoms with Crippen molar-refractivity contribution in [3.8, 4) is 11.5 Å². The molecule has 3 heterocycles. The van der Waals surface area contributed by atoms with E-state index in [4.69, 9.17) is 9.47 Å². The standard InChI is InChI=1S/C21H28N2O4S2/c1-16-7-9-23(10-8-16)18(21-4-2-13-28-21)15-22-29(24,25)17-5-6-19-20(14-17)27-12-3-11-26-19/h2,4-6,13-14,16,18,22H,3,7-12,15H2,1H3/t18-/m0/s1. The Labute approximate surface area is 176 Å². The van der Waals surface area contributed by atoms with Gasteiger partial charge in [-0.15, -0.1) is 11.3 Å². The lowest BCUT2D eigenvalue weighted by Crippen LogP contribution is -2.41. The van der Waals surface area contributed by atoms with Gasteiger partial charge in [-0.3, -0.25) is 4.90 Å². The van der Waals surface area contributed by atoms with Crippen molar-refractivity contribution in [2.75, 3.05) is 32.8 Å². The fourth-order valence-corrected chi connectivity index (χ4v) is 5.73. The van der Waals surface area contributed by atoms with Crippen molar-refractivity contribution in [2.45, 2.75) is 37.1 Å². The number of ether oxygens (including phenoxy) is 2. The van der Waals surface area contributed by atoms with E-state index in [-0.39, 0.29) is 10.9 Å². The average molecular weight is 437 g/mol. The molecule has 1 saturated heterocycles. The molecule has 1 aromatic heterocycles. The molecule has 1 aromatic carbocycles. The highest BCUT2D eigenvalue weighted by Crippen LogP contribution is 2.33. The Bertz CT molecular complexity index is 907. The number of thiophene rings is 1. The van der Waals surface area contributed by atoms with Crippen LogP contribution in [0.3, 0.4) is 0 Å². The van der Waals surface area contributed by atoms with Gasteiger partial charge in [0.2, 0.25) is 10.0 Å². The molecule has 0 unspecified atom stereocenters. The third kappa shape index (κ3) is 4.94. The summed E-state index contributed by atoms with van der Waals surface area (Å²) >= 11 is 1.68. The maximum atomic E-state index is 13.0. The van der Waals surface area contributed by atoms with Gasteiger partial charge in [0.15, 0.2) is 11.5 Å². The van der Waals surface area contributed by atoms with Gasteiger partial charge in [-0.25, -0.2) is 13.1 Å². The van der Waals surface area contributed by atoms with Crippen LogP contribution in [-0.2, 0) is 10.0 Å². The maximum Gasteiger partial charge on any atom is 0.240 e. The lowest BCUT2D eigenvalue weighted by atomic mass is 9.97. The van der Waals surface area contributed by atoms with Crippen LogP contribution in [0.2, 0.25) is 0 Å². The molecule has 6 nitrogen and oxygen atoms in total. The van der Waals surface area contributed by atoms with Gasteiger partial charge in [-0.2, -0.15) is 0 Å². The molecule has 2 aromatic rings. The molecule has 2 aliphatic rings. The van der Waals surface area contributed by atoms with Crippen LogP contribution < -0.4 is 14.2 Å². The molecular weight excluding hydrogens is 408 g/mol. The third-order valence-corrected chi connectivity index (χ3v) is 8.02. The number of hydrogen-bond donors (Lipinski definition) is 1. The summed E-state index contributed by atoms with van der Waals surface area (Å²) in [6, 6.07) is 8.99. The van der Waals surface area contributed by atoms with Gasteiger partial charge in [0.05, 0.1) is 24.2 Å². The number of nitrogens with zero attached hydrogens (tertiary/aromatic N) is 1. The summed E-state index contributed by atoms with van der Waals surface area (Å²) in [5, 5.41) is 2.05. The first-order chi connectivity index (χ1) is 14.0. The smallest absolute Gasteiger partial charge is 0.240 e. The first kappa shape index (κ1) is 20.7. The Morgan fingerprint density at radius 3 is 2.66 bits per heavy atom. The molecule has 1 N–H and O–H groups in total. The van der Waals surface area contributed by atoms with Crippen LogP contribution in [0.1, 0.15) is 37.1 Å². The van der Waals surface area contributed by atoms with Crippen molar-refractivity contribution in [3.63, 3.8) is 0 Å². The fraction of sp³-hybridized carbons (Fsp3) is 0.524. The predicted molar refractivity (Wildman–Crippen MR) is 114 cm³/mol. The lowest BCUT2D eigenvalue weighted by molar-refractivity contribution is 0.141. The summed E-state index contributed by atoms with van der Waals surface area (Å²) in [6.45, 7) is 5.73. The summed E-state index contributed by atoms with van der Waals surface area (Å²) in [5.74, 6) is 1.82. The van der Waals surface area contributed by atoms with Crippen molar-refractivity contribution in [1.82, 2.24) is 9.62 Å². The topological polar surface area (TPSA) is 67.9 Å². The largest absolute Gasteiger partial charge is 0.490 e. The summed E-state index contributed by atoms with van der Waals surface area (Å²) < 4.78 is 40.1. The molecule has 1 fully saturated rings. The quantitative estimate of drug-likeness (QED) is 0.749. The highest BCUT2D eigenvalue weighted by molar-refractivity contribution is 7.89. The second-order valence-electron chi connectivity index (χ2n) is 7.76. The fourth-order valence-electron chi connectivity index (χ4n) is 3.81. The third-order valence-electron chi connectivity index (χ3n) is 5.63. The summed E-state index contributed by atoms with van der Waals surface area (Å²) in [6.07, 6.45) is 3.08. The highest BCUT2D eigenvalue weighted by atomic mass is 32.2. The van der Waals surface area contributed by atoms with Gasteiger partial charge in [0, 0.05) is 23.9 Å². The highest BCUT2D eigenvalue weighted by Gasteiger charge is 2.27. The molecule has 0 amide bonds. The Morgan fingerprint density at radius 2 is 1.93 bits per heavy atom. The number of sulfonamides is 1. The van der Waals surface area contributed by atoms with Crippen molar-refractivity contribution >= 4 is 21.4 Å². The van der Waals surface area contributed by atoms with E-state index in [2.05, 4.69) is 22.6 Å². The van der Waals surface area contributed by atoms with Crippen molar-refractivity contribution in [3.05, 3.63) is 40.6 Å². The first-order valence-corrected chi connectivity index (χ1v) is 12.6. The summed E-state index contributed by atoms with van der Waals surface area (Å²) in [5.41, 5.74) is 0. The van der Waals surface area contributed by atoms with Gasteiger partial charge >= 0.3 is 0 Å². The van der Waals surface area contributed by atoms with E-state index in [0.717, 1.165) is 38.3 Å². The van der Waals surface area contributed by atoms with Crippen LogP contribution >= 0.6 is 11.3 Å². The number of benzene rings is 1. The Balaban J connectivity index is 1.50. The number of piperidine rings is 1. The minimum Gasteiger partial charge on any atom is -0.490 e. The number of likely N-dealkylation sites (tertiary alicyclic amines) is 1. The summed E-state index contributed by atoms with van der Waals surface area (Å²) in [4.78, 5) is 3.81. The second-order valence-corrected chi connectivity index (χ2v) is 10.5. The Morgan fingerprint density at radius 1 is 1.17 bits per heavy atom. The number of hydrogen-bond acceptors (Lipinski definition) is 6. The zero-order chi connectivity index (χ0) is 20.3. The second kappa shape index (κ2) is 9.04. The number of fused-ring (bicyclic) bond motifs is 1. The van der Waals surface area contributed by atoms with E-state index in [1.807, 2.05) is 11.4 Å². The number of nitrogens with one attached hydrogen (secondary N) is 1. The van der Waals surface area contributed by atoms with Gasteiger partial charge in [0.1, 0.15) is 0 Å². The molecule has 29 heavy (non-hydrogen) atoms. The molecule has 0 bridgehead atoms. The van der Waals surface area contributed by atoms with Crippen LogP contribution in [0.25, 0.3) is 0 Å². The number of rotatable bonds is 6. The molecule has 0 radical (unpaired) electrons. The average Bonchev–Trinajstić information content (AvgIpc) is 3.13. The predicted octanol–water partition coefficient (Wildman–Crippen LogP) is 3.66. The maximum absolute atomic E-state index is 13.0. The van der Waals surface area contributed by atoms with Crippen LogP contribution in [0, 0.1) is 5.92 Å². The van der Waals surface area contributed by atoms with Crippen molar-refractivity contribution in [2.24, 2.45) is 5.92 Å². The Kier molecular flexibility index (Phi) is 6.44. The van der Waals surface area contributed by atoms with Crippen LogP contribution in [-0.4, -0.2) is 46.2 Å². The van der Waals surface area contributed by atoms with E-state index < -0.39 is 10.0 Å². The van der Waals surface area contributed by atoms with E-state index in [0.29, 0.717) is 31.3 Å². The van der Waals surface area contributed by atoms with Crippen LogP contribution in [0.5, 0.6) is 11.5 Å². The zero-order valence-corrected chi connectivity index (χ0v) is 18.3. The van der Waals surface area contributed by atoms with Gasteiger partial charge in [0.25, 0.3) is 0 Å². The molecule has 1 atom stereocenters. The van der Waals surface area contributed by atoms with E-state index >= 15 is 0 Å². The van der Waals surface area contributed by atoms with E-state index in [1.54, 1.807) is 29.5 Å². The van der Waals surface area contributed by atoms with Crippen molar-refractivity contribution in [1.29, 1.82) is 0 Å². The monoisotopic (exact) mass is 436 g/mol. The van der Waals surface area contributed by atoms with E-state index in [9.17, 15) is 8.42 Å². The molecular formula is C21H28N2O4S2. The van der Waals surface area contributed by atoms with Crippen molar-refractivity contribution < 1.29 is 17.9 Å². The van der Waals surface area contributed by atoms with Crippen LogP contribution in [0.15, 0.2) is 40.6 Å². The Hall–Kier alpha value is -1.61. The molecule has 4 rings (SSSR count). The normalized spacial score (nSPS) is 19.6. The minimum atomic E-state index is -3.65. The lowest BCUT2D eigenvalue weighted by Gasteiger charge is -2.36. The zero-order valence-electron chi connectivity index (χ0n) is 16.7. The molecule has 0 spiro atoms. The molecule has 2 aliphatic heterocycles. The van der Waals surface area contributed by atoms with Crippen LogP contribution in [0.4, 0.5) is 0 Å². The van der Waals surface area contributed by atoms with E-state index in [1.165, 1.54) is 4.88 Å². The molecule has 8 heteroatoms. The first-order valence-electron chi connectivity index (χ1n) is 10.2.